The normalized spacial score (nSPS) is 14.4. The number of nitrogens with zero attached hydrogens (tertiary/aromatic N) is 1. The Hall–Kier alpha value is -2.34. The van der Waals surface area contributed by atoms with Gasteiger partial charge in [-0.2, -0.15) is 0 Å². The summed E-state index contributed by atoms with van der Waals surface area (Å²) in [7, 11) is 2.88. The van der Waals surface area contributed by atoms with Crippen LogP contribution >= 0.6 is 11.6 Å². The minimum atomic E-state index is -0.671. The number of nitrogens with one attached hydrogen (secondary N) is 2. The molecule has 0 saturated heterocycles. The molecule has 2 rings (SSSR count). The van der Waals surface area contributed by atoms with E-state index in [0.29, 0.717) is 17.2 Å². The van der Waals surface area contributed by atoms with Crippen molar-refractivity contribution in [3.63, 3.8) is 0 Å². The van der Waals surface area contributed by atoms with Gasteiger partial charge in [0.2, 0.25) is 0 Å². The van der Waals surface area contributed by atoms with E-state index in [9.17, 15) is 9.18 Å². The van der Waals surface area contributed by atoms with E-state index in [1.54, 1.807) is 19.2 Å². The van der Waals surface area contributed by atoms with Gasteiger partial charge in [-0.1, -0.05) is 30.3 Å². The Balaban J connectivity index is 2.17. The van der Waals surface area contributed by atoms with E-state index in [-0.39, 0.29) is 28.9 Å². The first-order valence-electron chi connectivity index (χ1n) is 7.82. The number of amidine groups is 1. The van der Waals surface area contributed by atoms with Gasteiger partial charge in [0.1, 0.15) is 22.4 Å². The summed E-state index contributed by atoms with van der Waals surface area (Å²) in [6.45, 7) is 4.17. The van der Waals surface area contributed by atoms with Gasteiger partial charge in [-0.25, -0.2) is 9.18 Å². The molecular weight excluding hydrogens is 345 g/mol. The summed E-state index contributed by atoms with van der Waals surface area (Å²) in [6.07, 6.45) is 2.02. The molecule has 1 fully saturated rings. The van der Waals surface area contributed by atoms with E-state index >= 15 is 0 Å². The lowest BCUT2D eigenvalue weighted by Gasteiger charge is -2.21. The molecule has 134 valence electrons. The third-order valence-electron chi connectivity index (χ3n) is 3.86. The zero-order valence-corrected chi connectivity index (χ0v) is 15.0. The van der Waals surface area contributed by atoms with Gasteiger partial charge < -0.3 is 15.0 Å². The van der Waals surface area contributed by atoms with Crippen LogP contribution in [-0.2, 0) is 16.1 Å². The fraction of sp³-hybridized carbons (Fsp3) is 0.333. The molecule has 0 spiro atoms. The van der Waals surface area contributed by atoms with E-state index < -0.39 is 5.97 Å². The molecule has 7 heteroatoms. The number of allylic oxidation sites excluding steroid dienone is 1. The Morgan fingerprint density at radius 2 is 2.20 bits per heavy atom. The smallest absolute Gasteiger partial charge is 0.356 e. The van der Waals surface area contributed by atoms with E-state index in [0.717, 1.165) is 12.8 Å². The topological polar surface area (TPSA) is 65.4 Å². The number of hydrogen-bond acceptors (Lipinski definition) is 4. The molecule has 1 aromatic carbocycles. The van der Waals surface area contributed by atoms with Crippen LogP contribution in [-0.4, -0.2) is 30.9 Å². The van der Waals surface area contributed by atoms with E-state index in [4.69, 9.17) is 21.7 Å². The van der Waals surface area contributed by atoms with Gasteiger partial charge in [0.05, 0.1) is 7.11 Å². The van der Waals surface area contributed by atoms with Crippen LogP contribution < -0.4 is 5.32 Å². The fourth-order valence-electron chi connectivity index (χ4n) is 2.27. The zero-order valence-electron chi connectivity index (χ0n) is 14.2. The maximum absolute atomic E-state index is 13.3. The number of esters is 1. The summed E-state index contributed by atoms with van der Waals surface area (Å²) in [4.78, 5) is 13.5. The van der Waals surface area contributed by atoms with Gasteiger partial charge in [-0.05, 0) is 36.5 Å². The lowest BCUT2D eigenvalue weighted by atomic mass is 10.2. The standard InChI is InChI=1S/C18H21ClFN3O2/c1-11(13-7-8-13)22-16(18(24)25-3)15(19)17(21)23(2)10-12-5-4-6-14(20)9-12/h4-6,9,13,21-22H,1,7-8,10H2,2-3H3. The van der Waals surface area contributed by atoms with Crippen molar-refractivity contribution in [3.8, 4) is 0 Å². The second-order valence-electron chi connectivity index (χ2n) is 5.94. The van der Waals surface area contributed by atoms with Crippen molar-refractivity contribution in [3.05, 3.63) is 58.7 Å². The fourth-order valence-corrected chi connectivity index (χ4v) is 2.53. The molecule has 1 saturated carbocycles. The third-order valence-corrected chi connectivity index (χ3v) is 4.23. The Labute approximate surface area is 151 Å². The maximum Gasteiger partial charge on any atom is 0.356 e. The predicted octanol–water partition coefficient (Wildman–Crippen LogP) is 3.37. The largest absolute Gasteiger partial charge is 0.464 e. The average molecular weight is 366 g/mol. The number of carbonyl (C=O) groups excluding carboxylic acids is 1. The van der Waals surface area contributed by atoms with Gasteiger partial charge in [0.25, 0.3) is 0 Å². The summed E-state index contributed by atoms with van der Waals surface area (Å²) in [6, 6.07) is 6.08. The van der Waals surface area contributed by atoms with Crippen molar-refractivity contribution >= 4 is 23.4 Å². The average Bonchev–Trinajstić information content (AvgIpc) is 3.42. The van der Waals surface area contributed by atoms with Crippen molar-refractivity contribution in [1.82, 2.24) is 10.2 Å². The number of carbonyl (C=O) groups is 1. The molecule has 2 N–H and O–H groups in total. The second kappa shape index (κ2) is 8.16. The number of methoxy groups -OCH3 is 1. The van der Waals surface area contributed by atoms with Crippen molar-refractivity contribution in [2.45, 2.75) is 19.4 Å². The van der Waals surface area contributed by atoms with Gasteiger partial charge in [-0.15, -0.1) is 0 Å². The Kier molecular flexibility index (Phi) is 6.20. The quantitative estimate of drug-likeness (QED) is 0.336. The summed E-state index contributed by atoms with van der Waals surface area (Å²) < 4.78 is 18.0. The lowest BCUT2D eigenvalue weighted by Crippen LogP contribution is -2.31. The number of benzene rings is 1. The molecule has 0 heterocycles. The predicted molar refractivity (Wildman–Crippen MR) is 95.5 cm³/mol. The molecule has 1 aromatic rings. The van der Waals surface area contributed by atoms with Crippen LogP contribution in [0.25, 0.3) is 0 Å². The highest BCUT2D eigenvalue weighted by Gasteiger charge is 2.28. The molecule has 1 aliphatic carbocycles. The monoisotopic (exact) mass is 365 g/mol. The number of halogens is 2. The molecule has 0 amide bonds. The Bertz CT molecular complexity index is 729. The highest BCUT2D eigenvalue weighted by molar-refractivity contribution is 6.44. The van der Waals surface area contributed by atoms with Gasteiger partial charge in [0, 0.05) is 19.3 Å². The highest BCUT2D eigenvalue weighted by atomic mass is 35.5. The molecule has 0 bridgehead atoms. The third kappa shape index (κ3) is 5.06. The summed E-state index contributed by atoms with van der Waals surface area (Å²) in [5, 5.41) is 11.0. The van der Waals surface area contributed by atoms with E-state index in [1.165, 1.54) is 24.1 Å². The molecule has 0 atom stereocenters. The first-order valence-corrected chi connectivity index (χ1v) is 8.19. The number of hydrogen-bond donors (Lipinski definition) is 2. The molecular formula is C18H21ClFN3O2. The zero-order chi connectivity index (χ0) is 18.6. The number of likely N-dealkylation sites (N-methyl/N-ethyl adjacent to an activating group) is 1. The van der Waals surface area contributed by atoms with Crippen LogP contribution in [0, 0.1) is 17.1 Å². The molecule has 1 aliphatic rings. The summed E-state index contributed by atoms with van der Waals surface area (Å²) in [5.74, 6) is -0.793. The summed E-state index contributed by atoms with van der Waals surface area (Å²) in [5.41, 5.74) is 1.35. The lowest BCUT2D eigenvalue weighted by molar-refractivity contribution is -0.136. The highest BCUT2D eigenvalue weighted by Crippen LogP contribution is 2.34. The van der Waals surface area contributed by atoms with Crippen LogP contribution in [0.2, 0.25) is 0 Å². The van der Waals surface area contributed by atoms with Crippen LogP contribution in [0.1, 0.15) is 18.4 Å². The van der Waals surface area contributed by atoms with E-state index in [2.05, 4.69) is 11.9 Å². The first kappa shape index (κ1) is 19.0. The molecule has 0 unspecified atom stereocenters. The van der Waals surface area contributed by atoms with Crippen LogP contribution in [0.5, 0.6) is 0 Å². The van der Waals surface area contributed by atoms with E-state index in [1.807, 2.05) is 0 Å². The van der Waals surface area contributed by atoms with Crippen LogP contribution in [0.3, 0.4) is 0 Å². The van der Waals surface area contributed by atoms with Crippen molar-refractivity contribution in [2.75, 3.05) is 14.2 Å². The summed E-state index contributed by atoms with van der Waals surface area (Å²) >= 11 is 6.27. The molecule has 0 aliphatic heterocycles. The molecule has 0 aromatic heterocycles. The van der Waals surface area contributed by atoms with Crippen LogP contribution in [0.15, 0.2) is 47.3 Å². The Morgan fingerprint density at radius 3 is 2.76 bits per heavy atom. The van der Waals surface area contributed by atoms with Crippen molar-refractivity contribution in [1.29, 1.82) is 5.41 Å². The second-order valence-corrected chi connectivity index (χ2v) is 6.32. The van der Waals surface area contributed by atoms with Gasteiger partial charge in [-0.3, -0.25) is 5.41 Å². The number of rotatable bonds is 7. The maximum atomic E-state index is 13.3. The number of ether oxygens (including phenoxy) is 1. The SMILES string of the molecule is C=C(NC(C(=O)OC)=C(Cl)C(=N)N(C)Cc1cccc(F)c1)C1CC1. The van der Waals surface area contributed by atoms with Gasteiger partial charge in [0.15, 0.2) is 0 Å². The van der Waals surface area contributed by atoms with Crippen molar-refractivity contribution < 1.29 is 13.9 Å². The minimum absolute atomic E-state index is 0.0165. The molecule has 25 heavy (non-hydrogen) atoms. The molecule has 5 nitrogen and oxygen atoms in total. The van der Waals surface area contributed by atoms with Crippen LogP contribution in [0.4, 0.5) is 4.39 Å². The minimum Gasteiger partial charge on any atom is -0.464 e. The Morgan fingerprint density at radius 1 is 1.52 bits per heavy atom. The first-order chi connectivity index (χ1) is 11.8. The van der Waals surface area contributed by atoms with Crippen molar-refractivity contribution in [2.24, 2.45) is 5.92 Å². The van der Waals surface area contributed by atoms with Gasteiger partial charge >= 0.3 is 5.97 Å². The molecule has 0 radical (unpaired) electrons.